The SMILES string of the molecule is Cc1ccc(N(CC(=O)NC(C)c2ccc(N3CCCCC3)cc2)S(=O)(=O)c2ccc(Cl)cc2)cc1. The maximum Gasteiger partial charge on any atom is 0.264 e. The van der Waals surface area contributed by atoms with E-state index in [1.165, 1.54) is 49.2 Å². The molecule has 1 N–H and O–H groups in total. The molecule has 1 amide bonds. The van der Waals surface area contributed by atoms with Crippen LogP contribution in [0, 0.1) is 6.92 Å². The van der Waals surface area contributed by atoms with Crippen LogP contribution in [0.25, 0.3) is 0 Å². The van der Waals surface area contributed by atoms with E-state index >= 15 is 0 Å². The molecular formula is C28H32ClN3O3S. The second-order valence-corrected chi connectivity index (χ2v) is 11.5. The first-order chi connectivity index (χ1) is 17.2. The van der Waals surface area contributed by atoms with Gasteiger partial charge in [0.15, 0.2) is 0 Å². The number of hydrogen-bond donors (Lipinski definition) is 1. The molecule has 190 valence electrons. The molecule has 36 heavy (non-hydrogen) atoms. The first kappa shape index (κ1) is 26.0. The Kier molecular flexibility index (Phi) is 8.21. The predicted molar refractivity (Wildman–Crippen MR) is 146 cm³/mol. The highest BCUT2D eigenvalue weighted by molar-refractivity contribution is 7.92. The van der Waals surface area contributed by atoms with Gasteiger partial charge in [0, 0.05) is 23.8 Å². The van der Waals surface area contributed by atoms with Crippen molar-refractivity contribution < 1.29 is 13.2 Å². The lowest BCUT2D eigenvalue weighted by atomic mass is 10.1. The third-order valence-electron chi connectivity index (χ3n) is 6.50. The Hall–Kier alpha value is -3.03. The smallest absolute Gasteiger partial charge is 0.264 e. The van der Waals surface area contributed by atoms with Gasteiger partial charge in [0.2, 0.25) is 5.91 Å². The lowest BCUT2D eigenvalue weighted by Gasteiger charge is -2.29. The van der Waals surface area contributed by atoms with Gasteiger partial charge in [-0.25, -0.2) is 8.42 Å². The number of piperidine rings is 1. The van der Waals surface area contributed by atoms with Crippen molar-refractivity contribution in [2.75, 3.05) is 28.8 Å². The van der Waals surface area contributed by atoms with Crippen molar-refractivity contribution in [2.45, 2.75) is 44.0 Å². The summed E-state index contributed by atoms with van der Waals surface area (Å²) in [5.74, 6) is -0.388. The molecule has 3 aromatic carbocycles. The average molecular weight is 526 g/mol. The summed E-state index contributed by atoms with van der Waals surface area (Å²) in [6, 6.07) is 21.0. The van der Waals surface area contributed by atoms with E-state index in [4.69, 9.17) is 11.6 Å². The number of sulfonamides is 1. The van der Waals surface area contributed by atoms with Gasteiger partial charge >= 0.3 is 0 Å². The summed E-state index contributed by atoms with van der Waals surface area (Å²) in [5, 5.41) is 3.40. The van der Waals surface area contributed by atoms with E-state index in [9.17, 15) is 13.2 Å². The zero-order chi connectivity index (χ0) is 25.7. The molecule has 1 saturated heterocycles. The van der Waals surface area contributed by atoms with E-state index < -0.39 is 10.0 Å². The van der Waals surface area contributed by atoms with Crippen LogP contribution in [0.3, 0.4) is 0 Å². The highest BCUT2D eigenvalue weighted by Crippen LogP contribution is 2.26. The van der Waals surface area contributed by atoms with Crippen LogP contribution >= 0.6 is 11.6 Å². The fourth-order valence-corrected chi connectivity index (χ4v) is 5.93. The number of amides is 1. The van der Waals surface area contributed by atoms with Crippen LogP contribution in [0.4, 0.5) is 11.4 Å². The van der Waals surface area contributed by atoms with E-state index in [-0.39, 0.29) is 23.4 Å². The van der Waals surface area contributed by atoms with Crippen molar-refractivity contribution in [3.63, 3.8) is 0 Å². The Morgan fingerprint density at radius 2 is 1.56 bits per heavy atom. The molecule has 6 nitrogen and oxygen atoms in total. The van der Waals surface area contributed by atoms with Gasteiger partial charge in [0.1, 0.15) is 6.54 Å². The highest BCUT2D eigenvalue weighted by Gasteiger charge is 2.27. The van der Waals surface area contributed by atoms with Gasteiger partial charge < -0.3 is 10.2 Å². The van der Waals surface area contributed by atoms with Crippen molar-refractivity contribution in [3.8, 4) is 0 Å². The number of carbonyl (C=O) groups is 1. The van der Waals surface area contributed by atoms with Crippen LogP contribution in [0.5, 0.6) is 0 Å². The molecule has 4 rings (SSSR count). The minimum atomic E-state index is -3.99. The second kappa shape index (κ2) is 11.4. The molecule has 1 heterocycles. The summed E-state index contributed by atoms with van der Waals surface area (Å²) in [6.07, 6.45) is 3.71. The third-order valence-corrected chi connectivity index (χ3v) is 8.54. The highest BCUT2D eigenvalue weighted by atomic mass is 35.5. The largest absolute Gasteiger partial charge is 0.372 e. The minimum absolute atomic E-state index is 0.0709. The fourth-order valence-electron chi connectivity index (χ4n) is 4.39. The van der Waals surface area contributed by atoms with Crippen LogP contribution in [-0.4, -0.2) is 34.0 Å². The quantitative estimate of drug-likeness (QED) is 0.409. The number of benzene rings is 3. The molecule has 0 spiro atoms. The Labute approximate surface area is 218 Å². The van der Waals surface area contributed by atoms with Crippen molar-refractivity contribution in [1.82, 2.24) is 5.32 Å². The average Bonchev–Trinajstić information content (AvgIpc) is 2.89. The Morgan fingerprint density at radius 3 is 2.17 bits per heavy atom. The summed E-state index contributed by atoms with van der Waals surface area (Å²) in [4.78, 5) is 15.5. The van der Waals surface area contributed by atoms with Crippen LogP contribution in [0.15, 0.2) is 77.7 Å². The number of anilines is 2. The van der Waals surface area contributed by atoms with Crippen LogP contribution < -0.4 is 14.5 Å². The zero-order valence-corrected chi connectivity index (χ0v) is 22.2. The van der Waals surface area contributed by atoms with Crippen LogP contribution in [-0.2, 0) is 14.8 Å². The fraction of sp³-hybridized carbons (Fsp3) is 0.321. The minimum Gasteiger partial charge on any atom is -0.372 e. The Morgan fingerprint density at radius 1 is 0.944 bits per heavy atom. The summed E-state index contributed by atoms with van der Waals surface area (Å²) in [7, 11) is -3.99. The monoisotopic (exact) mass is 525 g/mol. The zero-order valence-electron chi connectivity index (χ0n) is 20.7. The number of nitrogens with zero attached hydrogens (tertiary/aromatic N) is 2. The van der Waals surface area contributed by atoms with E-state index in [1.54, 1.807) is 12.1 Å². The van der Waals surface area contributed by atoms with Gasteiger partial charge in [-0.2, -0.15) is 0 Å². The number of carbonyl (C=O) groups excluding carboxylic acids is 1. The standard InChI is InChI=1S/C28H32ClN3O3S/c1-21-6-12-26(13-7-21)32(36(34,35)27-16-10-24(29)11-17-27)20-28(33)30-22(2)23-8-14-25(15-9-23)31-18-4-3-5-19-31/h6-17,22H,3-5,18-20H2,1-2H3,(H,30,33). The van der Waals surface area contributed by atoms with E-state index in [0.29, 0.717) is 10.7 Å². The maximum atomic E-state index is 13.5. The third kappa shape index (κ3) is 6.20. The lowest BCUT2D eigenvalue weighted by molar-refractivity contribution is -0.120. The van der Waals surface area contributed by atoms with Crippen molar-refractivity contribution in [2.24, 2.45) is 0 Å². The molecule has 0 radical (unpaired) electrons. The maximum absolute atomic E-state index is 13.5. The van der Waals surface area contributed by atoms with Gasteiger partial charge in [-0.1, -0.05) is 41.4 Å². The number of rotatable bonds is 8. The van der Waals surface area contributed by atoms with Gasteiger partial charge in [0.05, 0.1) is 16.6 Å². The van der Waals surface area contributed by atoms with Gasteiger partial charge in [0.25, 0.3) is 10.0 Å². The van der Waals surface area contributed by atoms with Crippen molar-refractivity contribution in [3.05, 3.63) is 88.9 Å². The Bertz CT molecular complexity index is 1270. The molecule has 1 aliphatic heterocycles. The number of halogens is 1. The molecule has 0 saturated carbocycles. The molecule has 0 aromatic heterocycles. The summed E-state index contributed by atoms with van der Waals surface area (Å²) < 4.78 is 28.1. The van der Waals surface area contributed by atoms with Gasteiger partial charge in [-0.05, 0) is 87.2 Å². The Balaban J connectivity index is 1.50. The summed E-state index contributed by atoms with van der Waals surface area (Å²) in [6.45, 7) is 5.62. The van der Waals surface area contributed by atoms with E-state index in [0.717, 1.165) is 28.5 Å². The number of aryl methyl sites for hydroxylation is 1. The molecule has 1 atom stereocenters. The predicted octanol–water partition coefficient (Wildman–Crippen LogP) is 5.71. The molecule has 0 bridgehead atoms. The number of hydrogen-bond acceptors (Lipinski definition) is 4. The summed E-state index contributed by atoms with van der Waals surface area (Å²) >= 11 is 5.95. The topological polar surface area (TPSA) is 69.7 Å². The molecule has 0 aliphatic carbocycles. The second-order valence-electron chi connectivity index (χ2n) is 9.23. The lowest BCUT2D eigenvalue weighted by Crippen LogP contribution is -2.41. The molecule has 1 unspecified atom stereocenters. The normalized spacial score (nSPS) is 14.8. The van der Waals surface area contributed by atoms with Crippen molar-refractivity contribution >= 4 is 38.9 Å². The van der Waals surface area contributed by atoms with E-state index in [2.05, 4.69) is 22.3 Å². The first-order valence-electron chi connectivity index (χ1n) is 12.2. The first-order valence-corrected chi connectivity index (χ1v) is 14.0. The van der Waals surface area contributed by atoms with Crippen molar-refractivity contribution in [1.29, 1.82) is 0 Å². The molecule has 1 aliphatic rings. The van der Waals surface area contributed by atoms with E-state index in [1.807, 2.05) is 38.1 Å². The van der Waals surface area contributed by atoms with Gasteiger partial charge in [-0.15, -0.1) is 0 Å². The van der Waals surface area contributed by atoms with Gasteiger partial charge in [-0.3, -0.25) is 9.10 Å². The van der Waals surface area contributed by atoms with Crippen LogP contribution in [0.1, 0.15) is 43.4 Å². The summed E-state index contributed by atoms with van der Waals surface area (Å²) in [5.41, 5.74) is 3.57. The molecule has 8 heteroatoms. The number of nitrogens with one attached hydrogen (secondary N) is 1. The van der Waals surface area contributed by atoms with Crippen LogP contribution in [0.2, 0.25) is 5.02 Å². The molecular weight excluding hydrogens is 494 g/mol. The molecule has 1 fully saturated rings. The molecule has 3 aromatic rings.